The van der Waals surface area contributed by atoms with Crippen LogP contribution in [0.2, 0.25) is 0 Å². The molecule has 5 heteroatoms. The van der Waals surface area contributed by atoms with Crippen LogP contribution in [0.5, 0.6) is 0 Å². The second-order valence-corrected chi connectivity index (χ2v) is 2.75. The molecule has 1 rings (SSSR count). The van der Waals surface area contributed by atoms with Crippen LogP contribution in [-0.2, 0) is 0 Å². The number of hydrogen-bond acceptors (Lipinski definition) is 4. The van der Waals surface area contributed by atoms with E-state index in [1.165, 1.54) is 12.1 Å². The zero-order valence-corrected chi connectivity index (χ0v) is 8.10. The molecule has 5 nitrogen and oxygen atoms in total. The van der Waals surface area contributed by atoms with Gasteiger partial charge in [-0.3, -0.25) is 0 Å². The normalized spacial score (nSPS) is 8.00. The number of nitriles is 3. The Labute approximate surface area is 91.7 Å². The van der Waals surface area contributed by atoms with Gasteiger partial charge in [0.1, 0.15) is 18.2 Å². The number of rotatable bonds is 1. The Hall–Kier alpha value is -3.15. The van der Waals surface area contributed by atoms with Crippen LogP contribution in [0.1, 0.15) is 22.3 Å². The van der Waals surface area contributed by atoms with Crippen LogP contribution >= 0.6 is 0 Å². The van der Waals surface area contributed by atoms with Gasteiger partial charge in [-0.05, 0) is 0 Å². The fourth-order valence-electron chi connectivity index (χ4n) is 1.30. The molecule has 1 aromatic rings. The van der Waals surface area contributed by atoms with E-state index in [9.17, 15) is 0 Å². The van der Waals surface area contributed by atoms with Crippen molar-refractivity contribution in [3.63, 3.8) is 0 Å². The van der Waals surface area contributed by atoms with E-state index in [2.05, 4.69) is 11.6 Å². The minimum absolute atomic E-state index is 0.00986. The van der Waals surface area contributed by atoms with Crippen LogP contribution in [0.3, 0.4) is 0 Å². The van der Waals surface area contributed by atoms with E-state index < -0.39 is 0 Å². The summed E-state index contributed by atoms with van der Waals surface area (Å²) in [6.07, 6.45) is 1.32. The third-order valence-corrected chi connectivity index (χ3v) is 2.00. The summed E-state index contributed by atoms with van der Waals surface area (Å²) in [4.78, 5) is 2.87. The van der Waals surface area contributed by atoms with E-state index in [-0.39, 0.29) is 27.9 Å². The number of hydrogen-bond donors (Lipinski definition) is 0. The van der Waals surface area contributed by atoms with Crippen molar-refractivity contribution in [1.82, 2.24) is 0 Å². The molecule has 1 aromatic carbocycles. The third-order valence-electron chi connectivity index (χ3n) is 2.00. The lowest BCUT2D eigenvalue weighted by molar-refractivity contribution is 1.38. The van der Waals surface area contributed by atoms with Crippen LogP contribution in [0.4, 0.5) is 5.69 Å². The van der Waals surface area contributed by atoms with Crippen LogP contribution < -0.4 is 0 Å². The maximum absolute atomic E-state index is 8.92. The van der Waals surface area contributed by atoms with Crippen molar-refractivity contribution in [2.24, 2.45) is 0 Å². The molecule has 0 bridgehead atoms. The van der Waals surface area contributed by atoms with Crippen molar-refractivity contribution in [3.05, 3.63) is 39.9 Å². The summed E-state index contributed by atoms with van der Waals surface area (Å²) in [5.74, 6) is 0. The fraction of sp³-hybridized carbons (Fsp3) is 0. The molecule has 0 fully saturated rings. The molecule has 0 heterocycles. The molecule has 0 saturated carbocycles. The molecule has 0 amide bonds. The Kier molecular flexibility index (Phi) is 2.99. The molecular weight excluding hydrogens is 202 g/mol. The largest absolute Gasteiger partial charge is 0.405 e. The third kappa shape index (κ3) is 1.46. The van der Waals surface area contributed by atoms with Gasteiger partial charge in [0.2, 0.25) is 5.39 Å². The molecule has 0 aliphatic rings. The van der Waals surface area contributed by atoms with Gasteiger partial charge >= 0.3 is 5.69 Å². The summed E-state index contributed by atoms with van der Waals surface area (Å²) in [5, 5.41) is 35.3. The predicted molar refractivity (Wildman–Crippen MR) is 55.4 cm³/mol. The van der Waals surface area contributed by atoms with Crippen LogP contribution in [0.25, 0.3) is 11.1 Å². The highest BCUT2D eigenvalue weighted by molar-refractivity contribution is 5.76. The second-order valence-electron chi connectivity index (χ2n) is 2.75. The van der Waals surface area contributed by atoms with E-state index >= 15 is 0 Å². The average molecular weight is 206 g/mol. The van der Waals surface area contributed by atoms with Crippen molar-refractivity contribution in [2.45, 2.75) is 0 Å². The van der Waals surface area contributed by atoms with Crippen molar-refractivity contribution < 1.29 is 0 Å². The lowest BCUT2D eigenvalue weighted by Crippen LogP contribution is -1.93. The highest BCUT2D eigenvalue weighted by Crippen LogP contribution is 2.28. The van der Waals surface area contributed by atoms with Gasteiger partial charge in [0.05, 0.1) is 17.2 Å². The van der Waals surface area contributed by atoms with Crippen molar-refractivity contribution in [2.75, 3.05) is 0 Å². The molecule has 0 spiro atoms. The maximum atomic E-state index is 8.92. The Morgan fingerprint density at radius 2 is 1.75 bits per heavy atom. The van der Waals surface area contributed by atoms with Gasteiger partial charge in [-0.1, -0.05) is 12.7 Å². The van der Waals surface area contributed by atoms with Gasteiger partial charge in [-0.15, -0.1) is 0 Å². The van der Waals surface area contributed by atoms with E-state index in [0.29, 0.717) is 0 Å². The van der Waals surface area contributed by atoms with E-state index in [0.717, 1.165) is 0 Å². The monoisotopic (exact) mass is 206 g/mol. The molecule has 0 aliphatic carbocycles. The number of nitrogens with zero attached hydrogens (tertiary/aromatic N) is 5. The van der Waals surface area contributed by atoms with Crippen LogP contribution in [-0.4, -0.2) is 0 Å². The molecule has 16 heavy (non-hydrogen) atoms. The molecule has 0 saturated heterocycles. The average Bonchev–Trinajstić information content (AvgIpc) is 2.35. The summed E-state index contributed by atoms with van der Waals surface area (Å²) in [6.45, 7) is 3.47. The van der Waals surface area contributed by atoms with Gasteiger partial charge in [0.25, 0.3) is 0 Å². The van der Waals surface area contributed by atoms with Gasteiger partial charge in [-0.25, -0.2) is 0 Å². The van der Waals surface area contributed by atoms with Gasteiger partial charge in [-0.2, -0.15) is 15.8 Å². The second kappa shape index (κ2) is 4.38. The molecule has 0 N–H and O–H groups in total. The maximum Gasteiger partial charge on any atom is 0.405 e. The minimum Gasteiger partial charge on any atom is -0.192 e. The van der Waals surface area contributed by atoms with Crippen LogP contribution in [0.15, 0.2) is 12.6 Å². The zero-order valence-electron chi connectivity index (χ0n) is 8.10. The first-order valence-electron chi connectivity index (χ1n) is 4.12. The van der Waals surface area contributed by atoms with Gasteiger partial charge in [0.15, 0.2) is 10.5 Å². The molecular formula is C11H4N5+. The first-order chi connectivity index (χ1) is 7.73. The zero-order chi connectivity index (χ0) is 12.1. The van der Waals surface area contributed by atoms with E-state index in [4.69, 9.17) is 21.2 Å². The lowest BCUT2D eigenvalue weighted by atomic mass is 9.96. The van der Waals surface area contributed by atoms with Gasteiger partial charge in [0, 0.05) is 5.56 Å². The molecule has 0 atom stereocenters. The Morgan fingerprint density at radius 1 is 1.12 bits per heavy atom. The summed E-state index contributed by atoms with van der Waals surface area (Å²) in [5.41, 5.74) is 0.233. The highest BCUT2D eigenvalue weighted by Gasteiger charge is 2.23. The van der Waals surface area contributed by atoms with Crippen molar-refractivity contribution in [1.29, 1.82) is 21.2 Å². The smallest absolute Gasteiger partial charge is 0.192 e. The standard InChI is InChI=1S/C11H4N5/c1-2-8-7(4-12)3-11(16-15)10(6-14)9(8)5-13/h2-3H,1H2/q+1. The Balaban J connectivity index is 3.90. The first-order valence-corrected chi connectivity index (χ1v) is 4.12. The summed E-state index contributed by atoms with van der Waals surface area (Å²) >= 11 is 0. The van der Waals surface area contributed by atoms with Crippen molar-refractivity contribution >= 4 is 11.8 Å². The molecule has 0 aromatic heterocycles. The summed E-state index contributed by atoms with van der Waals surface area (Å²) in [7, 11) is 0. The molecule has 0 unspecified atom stereocenters. The Morgan fingerprint density at radius 3 is 2.12 bits per heavy atom. The molecule has 0 aliphatic heterocycles. The highest BCUT2D eigenvalue weighted by atomic mass is 14.9. The Bertz CT molecular complexity index is 629. The van der Waals surface area contributed by atoms with E-state index in [1.54, 1.807) is 12.1 Å². The summed E-state index contributed by atoms with van der Waals surface area (Å²) in [6, 6.07) is 6.64. The van der Waals surface area contributed by atoms with Crippen LogP contribution in [0, 0.1) is 39.4 Å². The molecule has 0 radical (unpaired) electrons. The quantitative estimate of drug-likeness (QED) is 0.658. The number of benzene rings is 1. The van der Waals surface area contributed by atoms with E-state index in [1.807, 2.05) is 6.07 Å². The SMILES string of the molecule is C=Cc1c(C#N)cc([N+]#N)c(C#N)c1C#N. The topological polar surface area (TPSA) is 99.5 Å². The fourth-order valence-corrected chi connectivity index (χ4v) is 1.30. The lowest BCUT2D eigenvalue weighted by Gasteiger charge is -1.99. The summed E-state index contributed by atoms with van der Waals surface area (Å²) < 4.78 is 0. The number of diazo groups is 1. The minimum atomic E-state index is -0.0961. The first kappa shape index (κ1) is 10.9. The van der Waals surface area contributed by atoms with Gasteiger partial charge < -0.3 is 0 Å². The van der Waals surface area contributed by atoms with Crippen molar-refractivity contribution in [3.8, 4) is 18.2 Å². The predicted octanol–water partition coefficient (Wildman–Crippen LogP) is 2.43. The molecule has 72 valence electrons.